The van der Waals surface area contributed by atoms with E-state index in [0.717, 1.165) is 0 Å². The van der Waals surface area contributed by atoms with Crippen molar-refractivity contribution < 1.29 is 38.2 Å². The van der Waals surface area contributed by atoms with Crippen LogP contribution in [0.1, 0.15) is 66.9 Å². The van der Waals surface area contributed by atoms with Gasteiger partial charge in [-0.1, -0.05) is 47.6 Å². The Labute approximate surface area is 252 Å². The Kier molecular flexibility index (Phi) is 11.7. The second kappa shape index (κ2) is 14.3. The topological polar surface area (TPSA) is 172 Å². The molecule has 1 heterocycles. The number of hydrogen-bond acceptors (Lipinski definition) is 8. The molecule has 1 unspecified atom stereocenters. The normalized spacial score (nSPS) is 14.5. The summed E-state index contributed by atoms with van der Waals surface area (Å²) in [7, 11) is 3.00. The van der Waals surface area contributed by atoms with Crippen LogP contribution in [-0.4, -0.2) is 79.2 Å². The van der Waals surface area contributed by atoms with Crippen LogP contribution in [0, 0.1) is 10.8 Å². The van der Waals surface area contributed by atoms with E-state index in [1.165, 1.54) is 25.9 Å². The average Bonchev–Trinajstić information content (AvgIpc) is 3.35. The van der Waals surface area contributed by atoms with E-state index in [9.17, 15) is 28.8 Å². The lowest BCUT2D eigenvalue weighted by atomic mass is 9.85. The van der Waals surface area contributed by atoms with Crippen molar-refractivity contribution in [2.45, 2.75) is 86.0 Å². The van der Waals surface area contributed by atoms with Crippen LogP contribution in [0.3, 0.4) is 0 Å². The summed E-state index contributed by atoms with van der Waals surface area (Å²) in [6.45, 7) is 12.4. The summed E-state index contributed by atoms with van der Waals surface area (Å²) in [5.74, 6) is -3.02. The smallest absolute Gasteiger partial charge is 0.289 e. The zero-order valence-electron chi connectivity index (χ0n) is 26.5. The SMILES string of the molecule is CC(NC(=O)[C@H](CC(=O)N(C)C)NC(=O)[C@@H](NC(=O)CC(C)(C)C)C(C)(C)C)C(=O)C(=O)NCc1ccc2c(c1)OCO2. The molecule has 0 aromatic heterocycles. The first kappa shape index (κ1) is 35.0. The largest absolute Gasteiger partial charge is 0.454 e. The monoisotopic (exact) mass is 603 g/mol. The van der Waals surface area contributed by atoms with Crippen molar-refractivity contribution in [3.63, 3.8) is 0 Å². The molecule has 0 aliphatic carbocycles. The zero-order valence-corrected chi connectivity index (χ0v) is 26.5. The van der Waals surface area contributed by atoms with Crippen molar-refractivity contribution in [1.82, 2.24) is 26.2 Å². The van der Waals surface area contributed by atoms with Gasteiger partial charge in [0.25, 0.3) is 5.91 Å². The highest BCUT2D eigenvalue weighted by Crippen LogP contribution is 2.32. The van der Waals surface area contributed by atoms with Gasteiger partial charge in [0.15, 0.2) is 11.5 Å². The van der Waals surface area contributed by atoms with E-state index in [0.29, 0.717) is 17.1 Å². The molecule has 0 spiro atoms. The van der Waals surface area contributed by atoms with Crippen molar-refractivity contribution in [3.8, 4) is 11.5 Å². The third kappa shape index (κ3) is 10.9. The van der Waals surface area contributed by atoms with Gasteiger partial charge in [0.1, 0.15) is 12.1 Å². The molecule has 13 nitrogen and oxygen atoms in total. The molecule has 1 aromatic rings. The van der Waals surface area contributed by atoms with Crippen LogP contribution in [-0.2, 0) is 35.3 Å². The molecular formula is C30H45N5O8. The van der Waals surface area contributed by atoms with Gasteiger partial charge in [0.2, 0.25) is 36.2 Å². The molecular weight excluding hydrogens is 558 g/mol. The number of benzene rings is 1. The molecule has 1 aliphatic rings. The number of carbonyl (C=O) groups excluding carboxylic acids is 6. The molecule has 238 valence electrons. The Hall–Kier alpha value is -4.16. The molecule has 0 bridgehead atoms. The number of Topliss-reactive ketones (excluding diaryl/α,β-unsaturated/α-hetero) is 1. The highest BCUT2D eigenvalue weighted by molar-refractivity contribution is 6.38. The number of hydrogen-bond donors (Lipinski definition) is 4. The molecule has 1 aromatic carbocycles. The fraction of sp³-hybridized carbons (Fsp3) is 0.600. The fourth-order valence-corrected chi connectivity index (χ4v) is 4.09. The second-order valence-corrected chi connectivity index (χ2v) is 13.1. The Morgan fingerprint density at radius 2 is 1.51 bits per heavy atom. The van der Waals surface area contributed by atoms with Gasteiger partial charge in [0, 0.05) is 27.1 Å². The number of nitrogens with zero attached hydrogens (tertiary/aromatic N) is 1. The molecule has 2 rings (SSSR count). The Morgan fingerprint density at radius 3 is 2.09 bits per heavy atom. The summed E-state index contributed by atoms with van der Waals surface area (Å²) in [5, 5.41) is 10.3. The van der Waals surface area contributed by atoms with Crippen molar-refractivity contribution >= 4 is 35.3 Å². The first-order valence-electron chi connectivity index (χ1n) is 14.1. The minimum Gasteiger partial charge on any atom is -0.454 e. The quantitative estimate of drug-likeness (QED) is 0.257. The van der Waals surface area contributed by atoms with Gasteiger partial charge in [0.05, 0.1) is 12.5 Å². The van der Waals surface area contributed by atoms with Crippen LogP contribution in [0.4, 0.5) is 0 Å². The first-order chi connectivity index (χ1) is 19.8. The van der Waals surface area contributed by atoms with Crippen LogP contribution in [0.25, 0.3) is 0 Å². The predicted octanol–water partition coefficient (Wildman–Crippen LogP) is 1.04. The number of carbonyl (C=O) groups is 6. The lowest BCUT2D eigenvalue weighted by Gasteiger charge is -2.33. The van der Waals surface area contributed by atoms with Crippen LogP contribution in [0.2, 0.25) is 0 Å². The number of rotatable bonds is 12. The van der Waals surface area contributed by atoms with E-state index in [4.69, 9.17) is 9.47 Å². The Balaban J connectivity index is 2.10. The summed E-state index contributed by atoms with van der Waals surface area (Å²) in [4.78, 5) is 78.4. The maximum atomic E-state index is 13.4. The first-order valence-corrected chi connectivity index (χ1v) is 14.1. The fourth-order valence-electron chi connectivity index (χ4n) is 4.09. The van der Waals surface area contributed by atoms with E-state index < -0.39 is 59.4 Å². The van der Waals surface area contributed by atoms with Crippen molar-refractivity contribution in [3.05, 3.63) is 23.8 Å². The van der Waals surface area contributed by atoms with Gasteiger partial charge in [-0.05, 0) is 35.4 Å². The zero-order chi connectivity index (χ0) is 32.7. The van der Waals surface area contributed by atoms with Crippen molar-refractivity contribution in [2.24, 2.45) is 10.8 Å². The van der Waals surface area contributed by atoms with E-state index in [2.05, 4.69) is 21.3 Å². The molecule has 1 aliphatic heterocycles. The number of ketones is 1. The average molecular weight is 604 g/mol. The molecule has 3 atom stereocenters. The van der Waals surface area contributed by atoms with Crippen molar-refractivity contribution in [2.75, 3.05) is 20.9 Å². The van der Waals surface area contributed by atoms with Crippen molar-refractivity contribution in [1.29, 1.82) is 0 Å². The summed E-state index contributed by atoms with van der Waals surface area (Å²) in [6, 6.07) is 1.44. The lowest BCUT2D eigenvalue weighted by Crippen LogP contribution is -2.59. The summed E-state index contributed by atoms with van der Waals surface area (Å²) in [5.41, 5.74) is -0.373. The number of fused-ring (bicyclic) bond motifs is 1. The second-order valence-electron chi connectivity index (χ2n) is 13.1. The summed E-state index contributed by atoms with van der Waals surface area (Å²) < 4.78 is 10.6. The van der Waals surface area contributed by atoms with Crippen LogP contribution in [0.5, 0.6) is 11.5 Å². The van der Waals surface area contributed by atoms with Crippen LogP contribution >= 0.6 is 0 Å². The van der Waals surface area contributed by atoms with Gasteiger partial charge in [-0.25, -0.2) is 0 Å². The van der Waals surface area contributed by atoms with Gasteiger partial charge < -0.3 is 35.6 Å². The molecule has 0 fully saturated rings. The van der Waals surface area contributed by atoms with Crippen LogP contribution < -0.4 is 30.7 Å². The van der Waals surface area contributed by atoms with Gasteiger partial charge in [-0.3, -0.25) is 28.8 Å². The van der Waals surface area contributed by atoms with Gasteiger partial charge >= 0.3 is 0 Å². The van der Waals surface area contributed by atoms with Gasteiger partial charge in [-0.2, -0.15) is 0 Å². The highest BCUT2D eigenvalue weighted by Gasteiger charge is 2.37. The standard InChI is InChI=1S/C30H45N5O8/c1-17(24(38)27(40)31-15-18-10-11-20-21(12-18)43-16-42-20)32-26(39)19(13-23(37)35(8)9)33-28(41)25(30(5,6)7)34-22(36)14-29(2,3)4/h10-12,17,19,25H,13-16H2,1-9H3,(H,31,40)(H,32,39)(H,33,41)(H,34,36)/t17?,19-,25+/m0/s1. The van der Waals surface area contributed by atoms with E-state index in [1.54, 1.807) is 39.0 Å². The molecule has 0 saturated heterocycles. The number of nitrogens with one attached hydrogen (secondary N) is 4. The minimum atomic E-state index is -1.38. The molecule has 4 N–H and O–H groups in total. The maximum absolute atomic E-state index is 13.4. The number of ether oxygens (including phenoxy) is 2. The van der Waals surface area contributed by atoms with Crippen LogP contribution in [0.15, 0.2) is 18.2 Å². The third-order valence-electron chi connectivity index (χ3n) is 6.50. The van der Waals surface area contributed by atoms with E-state index in [1.807, 2.05) is 20.8 Å². The number of amides is 5. The van der Waals surface area contributed by atoms with E-state index in [-0.39, 0.29) is 31.1 Å². The molecule has 0 radical (unpaired) electrons. The van der Waals surface area contributed by atoms with E-state index >= 15 is 0 Å². The predicted molar refractivity (Wildman–Crippen MR) is 158 cm³/mol. The molecule has 43 heavy (non-hydrogen) atoms. The minimum absolute atomic E-state index is 0.0347. The Bertz CT molecular complexity index is 1230. The maximum Gasteiger partial charge on any atom is 0.289 e. The third-order valence-corrected chi connectivity index (χ3v) is 6.50. The Morgan fingerprint density at radius 1 is 0.884 bits per heavy atom. The lowest BCUT2D eigenvalue weighted by molar-refractivity contribution is -0.141. The molecule has 13 heteroatoms. The molecule has 5 amide bonds. The van der Waals surface area contributed by atoms with Gasteiger partial charge in [-0.15, -0.1) is 0 Å². The summed E-state index contributed by atoms with van der Waals surface area (Å²) in [6.07, 6.45) is -0.235. The highest BCUT2D eigenvalue weighted by atomic mass is 16.7. The molecule has 0 saturated carbocycles. The summed E-state index contributed by atoms with van der Waals surface area (Å²) >= 11 is 0.